The highest BCUT2D eigenvalue weighted by Gasteiger charge is 2.11. The Morgan fingerprint density at radius 1 is 1.29 bits per heavy atom. The Morgan fingerprint density at radius 3 is 2.67 bits per heavy atom. The van der Waals surface area contributed by atoms with Gasteiger partial charge in [-0.3, -0.25) is 4.79 Å². The maximum atomic E-state index is 12.1. The maximum absolute atomic E-state index is 12.1. The lowest BCUT2D eigenvalue weighted by atomic mass is 10.1. The number of anilines is 1. The summed E-state index contributed by atoms with van der Waals surface area (Å²) in [6.07, 6.45) is 0.0690. The summed E-state index contributed by atoms with van der Waals surface area (Å²) < 4.78 is 0.823. The van der Waals surface area contributed by atoms with Crippen molar-refractivity contribution >= 4 is 44.7 Å². The Bertz CT molecular complexity index is 704. The highest BCUT2D eigenvalue weighted by molar-refractivity contribution is 9.10. The molecule has 0 aliphatic rings. The molecule has 0 fully saturated rings. The van der Waals surface area contributed by atoms with Crippen LogP contribution in [-0.4, -0.2) is 16.0 Å². The Kier molecular flexibility index (Phi) is 4.93. The SMILES string of the molecule is NC(=S)c1cc(Br)ccc1NC(=O)Cc1ccccc1O. The number of carbonyl (C=O) groups is 1. The molecule has 0 aliphatic carbocycles. The van der Waals surface area contributed by atoms with Crippen LogP contribution in [0.5, 0.6) is 5.75 Å². The van der Waals surface area contributed by atoms with Gasteiger partial charge in [-0.05, 0) is 24.3 Å². The fourth-order valence-corrected chi connectivity index (χ4v) is 2.39. The summed E-state index contributed by atoms with van der Waals surface area (Å²) in [7, 11) is 0. The maximum Gasteiger partial charge on any atom is 0.228 e. The minimum atomic E-state index is -0.253. The molecule has 2 aromatic rings. The summed E-state index contributed by atoms with van der Waals surface area (Å²) in [5.74, 6) is -0.158. The van der Waals surface area contributed by atoms with Crippen molar-refractivity contribution in [3.63, 3.8) is 0 Å². The van der Waals surface area contributed by atoms with Crippen molar-refractivity contribution in [2.45, 2.75) is 6.42 Å². The number of nitrogens with two attached hydrogens (primary N) is 1. The minimum Gasteiger partial charge on any atom is -0.508 e. The number of phenolic OH excluding ortho intramolecular Hbond substituents is 1. The van der Waals surface area contributed by atoms with Crippen LogP contribution in [0.25, 0.3) is 0 Å². The van der Waals surface area contributed by atoms with Gasteiger partial charge < -0.3 is 16.2 Å². The van der Waals surface area contributed by atoms with Crippen molar-refractivity contribution in [1.82, 2.24) is 0 Å². The van der Waals surface area contributed by atoms with Crippen LogP contribution in [0.15, 0.2) is 46.9 Å². The molecule has 0 saturated heterocycles. The van der Waals surface area contributed by atoms with Crippen LogP contribution in [-0.2, 0) is 11.2 Å². The Morgan fingerprint density at radius 2 is 2.00 bits per heavy atom. The van der Waals surface area contributed by atoms with Gasteiger partial charge in [0.1, 0.15) is 10.7 Å². The van der Waals surface area contributed by atoms with Crippen LogP contribution in [0.2, 0.25) is 0 Å². The fourth-order valence-electron chi connectivity index (χ4n) is 1.86. The molecule has 21 heavy (non-hydrogen) atoms. The first-order valence-corrected chi connectivity index (χ1v) is 7.33. The van der Waals surface area contributed by atoms with Gasteiger partial charge in [0.2, 0.25) is 5.91 Å². The molecule has 1 amide bonds. The van der Waals surface area contributed by atoms with E-state index in [1.165, 1.54) is 0 Å². The Hall–Kier alpha value is -1.92. The van der Waals surface area contributed by atoms with E-state index < -0.39 is 0 Å². The van der Waals surface area contributed by atoms with Gasteiger partial charge in [0, 0.05) is 15.6 Å². The summed E-state index contributed by atoms with van der Waals surface area (Å²) >= 11 is 8.31. The van der Waals surface area contributed by atoms with Crippen molar-refractivity contribution in [3.8, 4) is 5.75 Å². The van der Waals surface area contributed by atoms with E-state index in [2.05, 4.69) is 21.2 Å². The molecular formula is C15H13BrN2O2S. The predicted octanol–water partition coefficient (Wildman–Crippen LogP) is 2.97. The number of para-hydroxylation sites is 1. The summed E-state index contributed by atoms with van der Waals surface area (Å²) in [5.41, 5.74) is 7.35. The second-order valence-electron chi connectivity index (χ2n) is 4.41. The Balaban J connectivity index is 2.17. The van der Waals surface area contributed by atoms with Crippen molar-refractivity contribution in [1.29, 1.82) is 0 Å². The van der Waals surface area contributed by atoms with Crippen molar-refractivity contribution in [2.24, 2.45) is 5.73 Å². The van der Waals surface area contributed by atoms with E-state index in [-0.39, 0.29) is 23.1 Å². The zero-order chi connectivity index (χ0) is 15.4. The number of phenols is 1. The third-order valence-corrected chi connectivity index (χ3v) is 3.58. The van der Waals surface area contributed by atoms with Crippen molar-refractivity contribution in [2.75, 3.05) is 5.32 Å². The molecule has 2 rings (SSSR count). The molecule has 0 spiro atoms. The molecule has 0 aromatic heterocycles. The summed E-state index contributed by atoms with van der Waals surface area (Å²) in [6.45, 7) is 0. The predicted molar refractivity (Wildman–Crippen MR) is 90.5 cm³/mol. The van der Waals surface area contributed by atoms with Crippen LogP contribution < -0.4 is 11.1 Å². The average Bonchev–Trinajstić information content (AvgIpc) is 2.43. The number of rotatable bonds is 4. The smallest absolute Gasteiger partial charge is 0.228 e. The largest absolute Gasteiger partial charge is 0.508 e. The average molecular weight is 365 g/mol. The van der Waals surface area contributed by atoms with Gasteiger partial charge in [-0.2, -0.15) is 0 Å². The van der Waals surface area contributed by atoms with E-state index in [0.29, 0.717) is 16.8 Å². The standard InChI is InChI=1S/C15H13BrN2O2S/c16-10-5-6-12(11(8-10)15(17)21)18-14(20)7-9-3-1-2-4-13(9)19/h1-6,8,19H,7H2,(H2,17,21)(H,18,20). The van der Waals surface area contributed by atoms with Crippen LogP contribution in [0, 0.1) is 0 Å². The van der Waals surface area contributed by atoms with Crippen LogP contribution in [0.4, 0.5) is 5.69 Å². The molecule has 4 N–H and O–H groups in total. The number of halogens is 1. The second-order valence-corrected chi connectivity index (χ2v) is 5.76. The second kappa shape index (κ2) is 6.69. The lowest BCUT2D eigenvalue weighted by Gasteiger charge is -2.11. The number of benzene rings is 2. The van der Waals surface area contributed by atoms with Gasteiger partial charge in [-0.15, -0.1) is 0 Å². The minimum absolute atomic E-state index is 0.0690. The third kappa shape index (κ3) is 4.03. The summed E-state index contributed by atoms with van der Waals surface area (Å²) in [6, 6.07) is 12.0. The normalized spacial score (nSPS) is 10.1. The van der Waals surface area contributed by atoms with E-state index in [1.54, 1.807) is 42.5 Å². The molecule has 0 bridgehead atoms. The number of aromatic hydroxyl groups is 1. The number of thiocarbonyl (C=S) groups is 1. The van der Waals surface area contributed by atoms with Gasteiger partial charge in [0.15, 0.2) is 0 Å². The molecule has 6 heteroatoms. The number of amides is 1. The Labute approximate surface area is 136 Å². The molecular weight excluding hydrogens is 352 g/mol. The van der Waals surface area contributed by atoms with Crippen LogP contribution in [0.1, 0.15) is 11.1 Å². The third-order valence-electron chi connectivity index (χ3n) is 2.86. The topological polar surface area (TPSA) is 75.3 Å². The molecule has 0 atom stereocenters. The van der Waals surface area contributed by atoms with Gasteiger partial charge >= 0.3 is 0 Å². The van der Waals surface area contributed by atoms with Gasteiger partial charge in [-0.1, -0.05) is 46.3 Å². The van der Waals surface area contributed by atoms with E-state index in [4.69, 9.17) is 18.0 Å². The molecule has 0 heterocycles. The number of carbonyl (C=O) groups excluding carboxylic acids is 1. The molecule has 4 nitrogen and oxygen atoms in total. The highest BCUT2D eigenvalue weighted by Crippen LogP contribution is 2.22. The number of hydrogen-bond acceptors (Lipinski definition) is 3. The number of nitrogens with one attached hydrogen (secondary N) is 1. The number of hydrogen-bond donors (Lipinski definition) is 3. The molecule has 0 saturated carbocycles. The molecule has 2 aromatic carbocycles. The van der Waals surface area contributed by atoms with Gasteiger partial charge in [-0.25, -0.2) is 0 Å². The van der Waals surface area contributed by atoms with Gasteiger partial charge in [0.25, 0.3) is 0 Å². The lowest BCUT2D eigenvalue weighted by molar-refractivity contribution is -0.115. The first kappa shape index (κ1) is 15.5. The van der Waals surface area contributed by atoms with E-state index in [0.717, 1.165) is 4.47 Å². The zero-order valence-corrected chi connectivity index (χ0v) is 13.4. The summed E-state index contributed by atoms with van der Waals surface area (Å²) in [4.78, 5) is 12.3. The van der Waals surface area contributed by atoms with Crippen molar-refractivity contribution < 1.29 is 9.90 Å². The highest BCUT2D eigenvalue weighted by atomic mass is 79.9. The van der Waals surface area contributed by atoms with E-state index >= 15 is 0 Å². The first-order chi connectivity index (χ1) is 9.97. The van der Waals surface area contributed by atoms with Crippen LogP contribution in [0.3, 0.4) is 0 Å². The molecule has 108 valence electrons. The van der Waals surface area contributed by atoms with E-state index in [9.17, 15) is 9.90 Å². The lowest BCUT2D eigenvalue weighted by Crippen LogP contribution is -2.19. The molecule has 0 radical (unpaired) electrons. The van der Waals surface area contributed by atoms with Gasteiger partial charge in [0.05, 0.1) is 12.1 Å². The fraction of sp³-hybridized carbons (Fsp3) is 0.0667. The molecule has 0 aliphatic heterocycles. The van der Waals surface area contributed by atoms with E-state index in [1.807, 2.05) is 0 Å². The monoisotopic (exact) mass is 364 g/mol. The zero-order valence-electron chi connectivity index (χ0n) is 11.0. The molecule has 0 unspecified atom stereocenters. The quantitative estimate of drug-likeness (QED) is 0.729. The van der Waals surface area contributed by atoms with Crippen molar-refractivity contribution in [3.05, 3.63) is 58.1 Å². The summed E-state index contributed by atoms with van der Waals surface area (Å²) in [5, 5.41) is 12.4. The first-order valence-electron chi connectivity index (χ1n) is 6.13. The van der Waals surface area contributed by atoms with Crippen LogP contribution >= 0.6 is 28.1 Å².